The molecule has 0 bridgehead atoms. The molecule has 1 aliphatic rings. The third-order valence-electron chi connectivity index (χ3n) is 3.96. The summed E-state index contributed by atoms with van der Waals surface area (Å²) < 4.78 is 25.5. The number of benzene rings is 1. The predicted molar refractivity (Wildman–Crippen MR) is 84.8 cm³/mol. The number of sulfonamides is 1. The minimum absolute atomic E-state index is 0.0442. The van der Waals surface area contributed by atoms with Crippen LogP contribution in [0.1, 0.15) is 18.4 Å². The molecule has 22 heavy (non-hydrogen) atoms. The van der Waals surface area contributed by atoms with Crippen molar-refractivity contribution in [1.82, 2.24) is 14.9 Å². The van der Waals surface area contributed by atoms with Crippen molar-refractivity contribution in [2.75, 3.05) is 27.2 Å². The number of hydrogen-bond acceptors (Lipinski definition) is 4. The van der Waals surface area contributed by atoms with Crippen LogP contribution in [0.3, 0.4) is 0 Å². The summed E-state index contributed by atoms with van der Waals surface area (Å²) in [6.07, 6.45) is 1.97. The molecular formula is C15H23N3O3S. The molecule has 1 fully saturated rings. The van der Waals surface area contributed by atoms with Crippen LogP contribution in [-0.2, 0) is 21.4 Å². The van der Waals surface area contributed by atoms with Crippen LogP contribution in [0.5, 0.6) is 0 Å². The molecule has 1 aromatic rings. The second-order valence-electron chi connectivity index (χ2n) is 5.67. The van der Waals surface area contributed by atoms with Crippen molar-refractivity contribution >= 4 is 15.9 Å². The second-order valence-corrected chi connectivity index (χ2v) is 7.56. The smallest absolute Gasteiger partial charge is 0.240 e. The molecule has 2 N–H and O–H groups in total. The number of amides is 1. The Bertz CT molecular complexity index is 613. The molecule has 1 aliphatic heterocycles. The number of nitrogens with one attached hydrogen (secondary N) is 2. The van der Waals surface area contributed by atoms with Gasteiger partial charge in [0.25, 0.3) is 0 Å². The molecule has 1 saturated heterocycles. The zero-order valence-electron chi connectivity index (χ0n) is 13.0. The number of carbonyl (C=O) groups is 1. The van der Waals surface area contributed by atoms with Gasteiger partial charge in [-0.25, -0.2) is 13.1 Å². The van der Waals surface area contributed by atoms with E-state index in [0.717, 1.165) is 31.5 Å². The van der Waals surface area contributed by atoms with Crippen molar-refractivity contribution in [1.29, 1.82) is 0 Å². The highest BCUT2D eigenvalue weighted by molar-refractivity contribution is 7.89. The van der Waals surface area contributed by atoms with Crippen LogP contribution in [0.4, 0.5) is 0 Å². The van der Waals surface area contributed by atoms with E-state index < -0.39 is 10.0 Å². The molecule has 0 aliphatic carbocycles. The molecule has 0 spiro atoms. The Labute approximate surface area is 131 Å². The van der Waals surface area contributed by atoms with Crippen LogP contribution in [-0.4, -0.2) is 46.4 Å². The minimum Gasteiger partial charge on any atom is -0.352 e. The molecule has 2 rings (SSSR count). The number of rotatable bonds is 5. The Balaban J connectivity index is 1.90. The lowest BCUT2D eigenvalue weighted by atomic mass is 9.97. The van der Waals surface area contributed by atoms with E-state index in [4.69, 9.17) is 0 Å². The van der Waals surface area contributed by atoms with Gasteiger partial charge in [-0.3, -0.25) is 4.79 Å². The standard InChI is InChI=1S/C15H23N3O3S/c1-16-22(20,21)14-7-5-12(6-8-14)10-17-15(19)13-4-3-9-18(2)11-13/h5-8,13,16H,3-4,9-11H2,1-2H3,(H,17,19)/t13-/m1/s1. The van der Waals surface area contributed by atoms with Gasteiger partial charge in [-0.2, -0.15) is 0 Å². The van der Waals surface area contributed by atoms with Crippen LogP contribution in [0.2, 0.25) is 0 Å². The first-order chi connectivity index (χ1) is 10.4. The first kappa shape index (κ1) is 16.9. The molecule has 1 atom stereocenters. The number of hydrogen-bond donors (Lipinski definition) is 2. The fourth-order valence-electron chi connectivity index (χ4n) is 2.62. The Morgan fingerprint density at radius 3 is 2.59 bits per heavy atom. The normalized spacial score (nSPS) is 19.8. The van der Waals surface area contributed by atoms with Crippen LogP contribution in [0.15, 0.2) is 29.2 Å². The summed E-state index contributed by atoms with van der Waals surface area (Å²) in [5, 5.41) is 2.93. The largest absolute Gasteiger partial charge is 0.352 e. The van der Waals surface area contributed by atoms with E-state index in [1.165, 1.54) is 7.05 Å². The SMILES string of the molecule is CNS(=O)(=O)c1ccc(CNC(=O)[C@@H]2CCCN(C)C2)cc1. The maximum Gasteiger partial charge on any atom is 0.240 e. The summed E-state index contributed by atoms with van der Waals surface area (Å²) in [4.78, 5) is 14.5. The first-order valence-electron chi connectivity index (χ1n) is 7.41. The molecular weight excluding hydrogens is 302 g/mol. The van der Waals surface area contributed by atoms with Gasteiger partial charge in [0, 0.05) is 13.1 Å². The summed E-state index contributed by atoms with van der Waals surface area (Å²) in [7, 11) is -0.00459. The van der Waals surface area contributed by atoms with Crippen molar-refractivity contribution < 1.29 is 13.2 Å². The van der Waals surface area contributed by atoms with Gasteiger partial charge >= 0.3 is 0 Å². The molecule has 0 radical (unpaired) electrons. The minimum atomic E-state index is -3.41. The van der Waals surface area contributed by atoms with Gasteiger partial charge in [0.05, 0.1) is 10.8 Å². The molecule has 122 valence electrons. The molecule has 1 amide bonds. The van der Waals surface area contributed by atoms with E-state index in [1.807, 2.05) is 7.05 Å². The first-order valence-corrected chi connectivity index (χ1v) is 8.89. The van der Waals surface area contributed by atoms with Gasteiger partial charge in [-0.15, -0.1) is 0 Å². The van der Waals surface area contributed by atoms with Gasteiger partial charge in [0.2, 0.25) is 15.9 Å². The van der Waals surface area contributed by atoms with E-state index in [0.29, 0.717) is 6.54 Å². The lowest BCUT2D eigenvalue weighted by molar-refractivity contribution is -0.126. The lowest BCUT2D eigenvalue weighted by Gasteiger charge is -2.28. The summed E-state index contributed by atoms with van der Waals surface area (Å²) >= 11 is 0. The molecule has 0 aromatic heterocycles. The summed E-state index contributed by atoms with van der Waals surface area (Å²) in [6, 6.07) is 6.53. The van der Waals surface area contributed by atoms with E-state index in [2.05, 4.69) is 14.9 Å². The van der Waals surface area contributed by atoms with E-state index in [9.17, 15) is 13.2 Å². The molecule has 7 heteroatoms. The Kier molecular flexibility index (Phi) is 5.55. The van der Waals surface area contributed by atoms with Crippen LogP contribution >= 0.6 is 0 Å². The summed E-state index contributed by atoms with van der Waals surface area (Å²) in [5.41, 5.74) is 0.882. The van der Waals surface area contributed by atoms with Crippen molar-refractivity contribution in [2.24, 2.45) is 5.92 Å². The van der Waals surface area contributed by atoms with Crippen molar-refractivity contribution in [3.05, 3.63) is 29.8 Å². The van der Waals surface area contributed by atoms with Gasteiger partial charge in [0.1, 0.15) is 0 Å². The van der Waals surface area contributed by atoms with Crippen molar-refractivity contribution in [2.45, 2.75) is 24.3 Å². The Morgan fingerprint density at radius 2 is 2.00 bits per heavy atom. The molecule has 0 unspecified atom stereocenters. The van der Waals surface area contributed by atoms with E-state index in [1.54, 1.807) is 24.3 Å². The van der Waals surface area contributed by atoms with E-state index >= 15 is 0 Å². The van der Waals surface area contributed by atoms with Gasteiger partial charge < -0.3 is 10.2 Å². The number of likely N-dealkylation sites (tertiary alicyclic amines) is 1. The lowest BCUT2D eigenvalue weighted by Crippen LogP contribution is -2.41. The van der Waals surface area contributed by atoms with Crippen LogP contribution in [0, 0.1) is 5.92 Å². The highest BCUT2D eigenvalue weighted by Crippen LogP contribution is 2.15. The van der Waals surface area contributed by atoms with Crippen molar-refractivity contribution in [3.8, 4) is 0 Å². The molecule has 6 nitrogen and oxygen atoms in total. The number of piperidine rings is 1. The van der Waals surface area contributed by atoms with Gasteiger partial charge in [-0.05, 0) is 51.2 Å². The quantitative estimate of drug-likeness (QED) is 0.829. The van der Waals surface area contributed by atoms with Gasteiger partial charge in [0.15, 0.2) is 0 Å². The molecule has 0 saturated carbocycles. The average molecular weight is 325 g/mol. The van der Waals surface area contributed by atoms with Gasteiger partial charge in [-0.1, -0.05) is 12.1 Å². The fraction of sp³-hybridized carbons (Fsp3) is 0.533. The van der Waals surface area contributed by atoms with E-state index in [-0.39, 0.29) is 16.7 Å². The molecule has 1 aromatic carbocycles. The number of nitrogens with zero attached hydrogens (tertiary/aromatic N) is 1. The highest BCUT2D eigenvalue weighted by Gasteiger charge is 2.23. The maximum atomic E-state index is 12.1. The Morgan fingerprint density at radius 1 is 1.32 bits per heavy atom. The number of carbonyl (C=O) groups excluding carboxylic acids is 1. The third kappa shape index (κ3) is 4.28. The van der Waals surface area contributed by atoms with Crippen LogP contribution < -0.4 is 10.0 Å². The zero-order chi connectivity index (χ0) is 16.2. The fourth-order valence-corrected chi connectivity index (χ4v) is 3.35. The van der Waals surface area contributed by atoms with Crippen molar-refractivity contribution in [3.63, 3.8) is 0 Å². The topological polar surface area (TPSA) is 78.5 Å². The van der Waals surface area contributed by atoms with Crippen LogP contribution in [0.25, 0.3) is 0 Å². The zero-order valence-corrected chi connectivity index (χ0v) is 13.8. The Hall–Kier alpha value is -1.44. The maximum absolute atomic E-state index is 12.1. The summed E-state index contributed by atoms with van der Waals surface area (Å²) in [5.74, 6) is 0.112. The summed E-state index contributed by atoms with van der Waals surface area (Å²) in [6.45, 7) is 2.26. The second kappa shape index (κ2) is 7.21. The predicted octanol–water partition coefficient (Wildman–Crippen LogP) is 0.553. The monoisotopic (exact) mass is 325 g/mol. The third-order valence-corrected chi connectivity index (χ3v) is 5.39. The molecule has 1 heterocycles. The highest BCUT2D eigenvalue weighted by atomic mass is 32.2. The average Bonchev–Trinajstić information content (AvgIpc) is 2.53.